The number of benzene rings is 1. The molecule has 0 fully saturated rings. The Morgan fingerprint density at radius 1 is 1.06 bits per heavy atom. The van der Waals surface area contributed by atoms with Crippen LogP contribution in [0.25, 0.3) is 0 Å². The number of halogens is 2. The lowest BCUT2D eigenvalue weighted by Gasteiger charge is -2.13. The first-order valence-corrected chi connectivity index (χ1v) is 10.6. The van der Waals surface area contributed by atoms with Gasteiger partial charge in [-0.1, -0.05) is 23.2 Å². The normalized spacial score (nSPS) is 12.6. The van der Waals surface area contributed by atoms with E-state index in [1.807, 2.05) is 0 Å². The summed E-state index contributed by atoms with van der Waals surface area (Å²) in [7, 11) is 1.23. The predicted molar refractivity (Wildman–Crippen MR) is 117 cm³/mol. The Hall–Kier alpha value is -2.95. The summed E-state index contributed by atoms with van der Waals surface area (Å²) in [6, 6.07) is 2.50. The Balaban J connectivity index is 1.61. The highest BCUT2D eigenvalue weighted by molar-refractivity contribution is 7.16. The number of hydrogen-bond acceptors (Lipinski definition) is 8. The van der Waals surface area contributed by atoms with Crippen LogP contribution >= 0.6 is 34.5 Å². The molecule has 1 aliphatic heterocycles. The predicted octanol–water partition coefficient (Wildman–Crippen LogP) is 3.24. The van der Waals surface area contributed by atoms with Crippen LogP contribution in [-0.4, -0.2) is 54.8 Å². The number of carbonyl (C=O) groups excluding carboxylic acids is 5. The number of rotatable bonds is 6. The summed E-state index contributed by atoms with van der Waals surface area (Å²) in [4.78, 5) is 62.7. The van der Waals surface area contributed by atoms with Crippen molar-refractivity contribution >= 4 is 69.2 Å². The molecule has 0 saturated heterocycles. The fourth-order valence-electron chi connectivity index (χ4n) is 2.97. The van der Waals surface area contributed by atoms with E-state index in [0.717, 1.165) is 4.88 Å². The summed E-state index contributed by atoms with van der Waals surface area (Å²) in [6.45, 7) is 2.12. The molecule has 168 valence electrons. The summed E-state index contributed by atoms with van der Waals surface area (Å²) in [5.41, 5.74) is 0.931. The number of imide groups is 1. The minimum atomic E-state index is -0.974. The molecule has 0 saturated carbocycles. The number of nitrogens with zero attached hydrogens (tertiary/aromatic N) is 1. The molecule has 32 heavy (non-hydrogen) atoms. The highest BCUT2D eigenvalue weighted by atomic mass is 35.5. The monoisotopic (exact) mass is 498 g/mol. The summed E-state index contributed by atoms with van der Waals surface area (Å²) in [5.74, 6) is -3.73. The fraction of sp³-hybridized carbons (Fsp3) is 0.250. The van der Waals surface area contributed by atoms with Crippen LogP contribution in [0.3, 0.4) is 0 Å². The van der Waals surface area contributed by atoms with Crippen LogP contribution in [-0.2, 0) is 19.1 Å². The van der Waals surface area contributed by atoms with Gasteiger partial charge in [-0.3, -0.25) is 24.1 Å². The number of aryl methyl sites for hydroxylation is 1. The van der Waals surface area contributed by atoms with Gasteiger partial charge in [0.25, 0.3) is 17.7 Å². The van der Waals surface area contributed by atoms with Crippen molar-refractivity contribution in [3.05, 3.63) is 49.3 Å². The van der Waals surface area contributed by atoms with Crippen LogP contribution in [0, 0.1) is 13.8 Å². The van der Waals surface area contributed by atoms with Crippen molar-refractivity contribution in [2.75, 3.05) is 25.6 Å². The van der Waals surface area contributed by atoms with Gasteiger partial charge < -0.3 is 14.8 Å². The number of anilines is 1. The Bertz CT molecular complexity index is 1130. The Labute approximate surface area is 196 Å². The fourth-order valence-corrected chi connectivity index (χ4v) is 4.37. The maximum Gasteiger partial charge on any atom is 0.341 e. The minimum Gasteiger partial charge on any atom is -0.465 e. The highest BCUT2D eigenvalue weighted by Gasteiger charge is 2.38. The van der Waals surface area contributed by atoms with Crippen LogP contribution < -0.4 is 5.32 Å². The van der Waals surface area contributed by atoms with E-state index in [4.69, 9.17) is 32.7 Å². The first kappa shape index (κ1) is 23.7. The zero-order valence-corrected chi connectivity index (χ0v) is 19.4. The van der Waals surface area contributed by atoms with Crippen LogP contribution in [0.1, 0.15) is 41.5 Å². The zero-order chi connectivity index (χ0) is 23.7. The number of carbonyl (C=O) groups is 5. The van der Waals surface area contributed by atoms with Crippen molar-refractivity contribution in [2.24, 2.45) is 0 Å². The maximum absolute atomic E-state index is 12.4. The molecule has 1 aromatic carbocycles. The minimum absolute atomic E-state index is 0.0220. The molecule has 1 aromatic heterocycles. The van der Waals surface area contributed by atoms with E-state index in [0.29, 0.717) is 10.5 Å². The number of thiophene rings is 1. The lowest BCUT2D eigenvalue weighted by Crippen LogP contribution is -2.36. The molecule has 0 unspecified atom stereocenters. The van der Waals surface area contributed by atoms with E-state index < -0.39 is 42.8 Å². The van der Waals surface area contributed by atoms with Gasteiger partial charge in [-0.2, -0.15) is 0 Å². The second-order valence-corrected chi connectivity index (χ2v) is 8.74. The van der Waals surface area contributed by atoms with Gasteiger partial charge in [0.15, 0.2) is 6.61 Å². The molecule has 0 bridgehead atoms. The van der Waals surface area contributed by atoms with E-state index in [9.17, 15) is 24.0 Å². The summed E-state index contributed by atoms with van der Waals surface area (Å²) in [5, 5.41) is 2.96. The highest BCUT2D eigenvalue weighted by Crippen LogP contribution is 2.33. The largest absolute Gasteiger partial charge is 0.465 e. The molecule has 3 rings (SSSR count). The summed E-state index contributed by atoms with van der Waals surface area (Å²) in [6.07, 6.45) is 0. The van der Waals surface area contributed by atoms with Crippen molar-refractivity contribution in [3.63, 3.8) is 0 Å². The molecule has 1 aliphatic rings. The van der Waals surface area contributed by atoms with Gasteiger partial charge >= 0.3 is 11.9 Å². The van der Waals surface area contributed by atoms with Crippen molar-refractivity contribution in [2.45, 2.75) is 13.8 Å². The summed E-state index contributed by atoms with van der Waals surface area (Å²) >= 11 is 12.9. The second kappa shape index (κ2) is 9.27. The number of ether oxygens (including phenoxy) is 2. The third-order valence-electron chi connectivity index (χ3n) is 4.69. The quantitative estimate of drug-likeness (QED) is 0.479. The van der Waals surface area contributed by atoms with Crippen LogP contribution in [0.2, 0.25) is 10.0 Å². The van der Waals surface area contributed by atoms with Gasteiger partial charge in [0.1, 0.15) is 11.5 Å². The second-order valence-electron chi connectivity index (χ2n) is 6.70. The first-order chi connectivity index (χ1) is 15.0. The number of fused-ring (bicyclic) bond motifs is 1. The first-order valence-electron chi connectivity index (χ1n) is 9.04. The van der Waals surface area contributed by atoms with Gasteiger partial charge in [-0.15, -0.1) is 11.3 Å². The average Bonchev–Trinajstić information content (AvgIpc) is 3.14. The number of nitrogens with one attached hydrogen (secondary N) is 1. The van der Waals surface area contributed by atoms with Crippen molar-refractivity contribution in [1.82, 2.24) is 4.90 Å². The van der Waals surface area contributed by atoms with Crippen LogP contribution in [0.4, 0.5) is 5.00 Å². The van der Waals surface area contributed by atoms with Gasteiger partial charge in [-0.25, -0.2) is 4.79 Å². The molecule has 0 aliphatic carbocycles. The standard InChI is InChI=1S/C20H16Cl2N2O7S/c1-8-9(2)32-17(16(8)20(29)30-3)23-14(25)7-31-15(26)6-24-18(27)10-4-12(21)13(22)5-11(10)19(24)28/h4-5H,6-7H2,1-3H3,(H,23,25). The molecule has 1 N–H and O–H groups in total. The van der Waals surface area contributed by atoms with Crippen molar-refractivity contribution in [3.8, 4) is 0 Å². The zero-order valence-electron chi connectivity index (χ0n) is 17.0. The molecule has 3 amide bonds. The number of esters is 2. The summed E-state index contributed by atoms with van der Waals surface area (Å²) < 4.78 is 9.62. The van der Waals surface area contributed by atoms with E-state index in [2.05, 4.69) is 5.32 Å². The molecule has 2 aromatic rings. The van der Waals surface area contributed by atoms with Gasteiger partial charge in [0.2, 0.25) is 0 Å². The third kappa shape index (κ3) is 4.47. The Kier molecular flexibility index (Phi) is 6.87. The smallest absolute Gasteiger partial charge is 0.341 e. The lowest BCUT2D eigenvalue weighted by atomic mass is 10.1. The average molecular weight is 499 g/mol. The van der Waals surface area contributed by atoms with Gasteiger partial charge in [0, 0.05) is 4.88 Å². The molecular formula is C20H16Cl2N2O7S. The molecule has 9 nitrogen and oxygen atoms in total. The Morgan fingerprint density at radius 2 is 1.62 bits per heavy atom. The molecule has 0 atom stereocenters. The van der Waals surface area contributed by atoms with Gasteiger partial charge in [-0.05, 0) is 31.5 Å². The van der Waals surface area contributed by atoms with E-state index in [-0.39, 0.29) is 31.7 Å². The van der Waals surface area contributed by atoms with Gasteiger partial charge in [0.05, 0.1) is 33.8 Å². The molecule has 0 spiro atoms. The SMILES string of the molecule is COC(=O)c1c(NC(=O)COC(=O)CN2C(=O)c3cc(Cl)c(Cl)cc3C2=O)sc(C)c1C. The van der Waals surface area contributed by atoms with Crippen LogP contribution in [0.5, 0.6) is 0 Å². The van der Waals surface area contributed by atoms with Crippen molar-refractivity contribution in [1.29, 1.82) is 0 Å². The number of methoxy groups -OCH3 is 1. The number of hydrogen-bond donors (Lipinski definition) is 1. The molecule has 0 radical (unpaired) electrons. The molecule has 12 heteroatoms. The lowest BCUT2D eigenvalue weighted by molar-refractivity contribution is -0.147. The topological polar surface area (TPSA) is 119 Å². The molecular weight excluding hydrogens is 483 g/mol. The number of amides is 3. The maximum atomic E-state index is 12.4. The third-order valence-corrected chi connectivity index (χ3v) is 6.54. The van der Waals surface area contributed by atoms with E-state index in [1.54, 1.807) is 13.8 Å². The molecule has 2 heterocycles. The van der Waals surface area contributed by atoms with E-state index >= 15 is 0 Å². The van der Waals surface area contributed by atoms with Crippen molar-refractivity contribution < 1.29 is 33.4 Å². The van der Waals surface area contributed by atoms with Crippen LogP contribution in [0.15, 0.2) is 12.1 Å². The Morgan fingerprint density at radius 3 is 2.16 bits per heavy atom. The van der Waals surface area contributed by atoms with E-state index in [1.165, 1.54) is 30.6 Å².